The molecule has 0 aliphatic heterocycles. The molecule has 262 valence electrons. The number of anilines is 1. The van der Waals surface area contributed by atoms with Crippen LogP contribution in [0.2, 0.25) is 0 Å². The molecule has 0 radical (unpaired) electrons. The standard InChI is InChI=1S/C34H46N6O7.CH4/c1-9-46-25-17-15-24(16-18-25)28(30(42)39(7)8)40-19-27(35-22-40)37-29(41)26(21-45-20-23-13-11-10-12-14-23)36-31(43)34(5,6)38-32(44)47-33(2,3)4;/h10-19,22,26,28H,9,20-21H2,1-8H3,(H,36,43)(H,37,41)(H,38,44);1H4/t26-,28?;/m1./s1. The highest BCUT2D eigenvalue weighted by molar-refractivity contribution is 5.98. The molecule has 1 unspecified atom stereocenters. The van der Waals surface area contributed by atoms with Crippen molar-refractivity contribution in [3.05, 3.63) is 78.2 Å². The van der Waals surface area contributed by atoms with Gasteiger partial charge in [-0.15, -0.1) is 0 Å². The molecule has 3 aromatic rings. The van der Waals surface area contributed by atoms with Gasteiger partial charge in [-0.1, -0.05) is 49.9 Å². The Hall–Kier alpha value is -4.91. The van der Waals surface area contributed by atoms with Gasteiger partial charge in [-0.2, -0.15) is 0 Å². The number of aromatic nitrogens is 2. The number of alkyl carbamates (subject to hydrolysis) is 1. The van der Waals surface area contributed by atoms with Crippen LogP contribution in [0.4, 0.5) is 10.6 Å². The predicted molar refractivity (Wildman–Crippen MR) is 184 cm³/mol. The maximum atomic E-state index is 13.6. The number of amides is 4. The van der Waals surface area contributed by atoms with Crippen LogP contribution in [-0.4, -0.2) is 82.8 Å². The van der Waals surface area contributed by atoms with E-state index in [1.165, 1.54) is 31.3 Å². The van der Waals surface area contributed by atoms with Crippen LogP contribution in [0.1, 0.15) is 66.1 Å². The van der Waals surface area contributed by atoms with Crippen LogP contribution in [0.25, 0.3) is 0 Å². The second kappa shape index (κ2) is 17.3. The molecule has 3 N–H and O–H groups in total. The zero-order chi connectivity index (χ0) is 34.8. The van der Waals surface area contributed by atoms with E-state index in [9.17, 15) is 19.2 Å². The second-order valence-corrected chi connectivity index (χ2v) is 12.6. The van der Waals surface area contributed by atoms with Gasteiger partial charge < -0.3 is 39.6 Å². The Morgan fingerprint density at radius 3 is 2.19 bits per heavy atom. The van der Waals surface area contributed by atoms with Gasteiger partial charge in [-0.25, -0.2) is 9.78 Å². The van der Waals surface area contributed by atoms with E-state index < -0.39 is 41.1 Å². The van der Waals surface area contributed by atoms with E-state index in [-0.39, 0.29) is 32.4 Å². The molecular formula is C35H50N6O7. The maximum Gasteiger partial charge on any atom is 0.408 e. The molecule has 1 aromatic heterocycles. The highest BCUT2D eigenvalue weighted by Gasteiger charge is 2.35. The number of hydrogen-bond acceptors (Lipinski definition) is 8. The number of imidazole rings is 1. The zero-order valence-electron chi connectivity index (χ0n) is 28.3. The summed E-state index contributed by atoms with van der Waals surface area (Å²) in [4.78, 5) is 58.3. The number of likely N-dealkylation sites (N-methyl/N-ethyl adjacent to an activating group) is 1. The zero-order valence-corrected chi connectivity index (χ0v) is 28.3. The maximum absolute atomic E-state index is 13.6. The van der Waals surface area contributed by atoms with Crippen molar-refractivity contribution >= 4 is 29.6 Å². The summed E-state index contributed by atoms with van der Waals surface area (Å²) < 4.78 is 18.2. The Bertz CT molecular complexity index is 1500. The van der Waals surface area contributed by atoms with Crippen LogP contribution >= 0.6 is 0 Å². The summed E-state index contributed by atoms with van der Waals surface area (Å²) in [7, 11) is 3.32. The summed E-state index contributed by atoms with van der Waals surface area (Å²) in [6, 6.07) is 14.6. The quantitative estimate of drug-likeness (QED) is 0.227. The average Bonchev–Trinajstić information content (AvgIpc) is 3.44. The van der Waals surface area contributed by atoms with Gasteiger partial charge in [0.15, 0.2) is 5.82 Å². The Morgan fingerprint density at radius 2 is 1.60 bits per heavy atom. The van der Waals surface area contributed by atoms with Crippen LogP contribution in [-0.2, 0) is 30.5 Å². The molecule has 2 aromatic carbocycles. The van der Waals surface area contributed by atoms with E-state index in [2.05, 4.69) is 20.9 Å². The lowest BCUT2D eigenvalue weighted by atomic mass is 10.0. The minimum atomic E-state index is -1.43. The molecule has 0 spiro atoms. The van der Waals surface area contributed by atoms with Crippen molar-refractivity contribution in [2.75, 3.05) is 32.6 Å². The fourth-order valence-corrected chi connectivity index (χ4v) is 4.36. The number of ether oxygens (including phenoxy) is 3. The Kier molecular flexibility index (Phi) is 14.2. The molecule has 0 saturated carbocycles. The third-order valence-corrected chi connectivity index (χ3v) is 6.73. The smallest absolute Gasteiger partial charge is 0.408 e. The van der Waals surface area contributed by atoms with Crippen molar-refractivity contribution < 1.29 is 33.4 Å². The first-order valence-electron chi connectivity index (χ1n) is 15.3. The minimum absolute atomic E-state index is 0. The summed E-state index contributed by atoms with van der Waals surface area (Å²) in [6.07, 6.45) is 2.21. The Morgan fingerprint density at radius 1 is 0.958 bits per heavy atom. The second-order valence-electron chi connectivity index (χ2n) is 12.6. The summed E-state index contributed by atoms with van der Waals surface area (Å²) >= 11 is 0. The topological polar surface area (TPSA) is 153 Å². The summed E-state index contributed by atoms with van der Waals surface area (Å²) in [5.74, 6) is -0.613. The summed E-state index contributed by atoms with van der Waals surface area (Å²) in [5, 5.41) is 7.94. The van der Waals surface area contributed by atoms with Crippen molar-refractivity contribution in [1.29, 1.82) is 0 Å². The third kappa shape index (κ3) is 11.7. The van der Waals surface area contributed by atoms with Gasteiger partial charge in [0, 0.05) is 20.3 Å². The molecule has 2 atom stereocenters. The Labute approximate surface area is 283 Å². The number of nitrogens with zero attached hydrogens (tertiary/aromatic N) is 3. The summed E-state index contributed by atoms with van der Waals surface area (Å²) in [6.45, 7) is 10.6. The average molecular weight is 667 g/mol. The number of carbonyl (C=O) groups excluding carboxylic acids is 4. The fraction of sp³-hybridized carbons (Fsp3) is 0.457. The SMILES string of the molecule is C.CCOc1ccc(C(C(=O)N(C)C)n2cnc(NC(=O)[C@@H](COCc3ccccc3)NC(=O)C(C)(C)NC(=O)OC(C)(C)C)c2)cc1. The van der Waals surface area contributed by atoms with E-state index in [1.807, 2.05) is 37.3 Å². The van der Waals surface area contributed by atoms with E-state index >= 15 is 0 Å². The van der Waals surface area contributed by atoms with Gasteiger partial charge in [0.25, 0.3) is 5.91 Å². The number of hydrogen-bond donors (Lipinski definition) is 3. The van der Waals surface area contributed by atoms with Crippen LogP contribution < -0.4 is 20.7 Å². The summed E-state index contributed by atoms with van der Waals surface area (Å²) in [5.41, 5.74) is -0.618. The Balaban J connectivity index is 0.00000800. The largest absolute Gasteiger partial charge is 0.494 e. The molecule has 13 heteroatoms. The molecule has 0 saturated heterocycles. The van der Waals surface area contributed by atoms with E-state index in [4.69, 9.17) is 14.2 Å². The molecular weight excluding hydrogens is 616 g/mol. The van der Waals surface area contributed by atoms with Gasteiger partial charge in [0.1, 0.15) is 29.0 Å². The lowest BCUT2D eigenvalue weighted by Crippen LogP contribution is -2.59. The fourth-order valence-electron chi connectivity index (χ4n) is 4.36. The molecule has 3 rings (SSSR count). The van der Waals surface area contributed by atoms with Gasteiger partial charge in [-0.05, 0) is 64.8 Å². The first kappa shape index (κ1) is 39.3. The van der Waals surface area contributed by atoms with E-state index in [0.29, 0.717) is 17.9 Å². The van der Waals surface area contributed by atoms with Crippen LogP contribution in [0.5, 0.6) is 5.75 Å². The van der Waals surface area contributed by atoms with Crippen molar-refractivity contribution in [2.45, 2.75) is 78.8 Å². The molecule has 13 nitrogen and oxygen atoms in total. The molecule has 48 heavy (non-hydrogen) atoms. The molecule has 0 aliphatic rings. The monoisotopic (exact) mass is 666 g/mol. The van der Waals surface area contributed by atoms with Gasteiger partial charge >= 0.3 is 6.09 Å². The highest BCUT2D eigenvalue weighted by Crippen LogP contribution is 2.24. The van der Waals surface area contributed by atoms with Crippen LogP contribution in [0.3, 0.4) is 0 Å². The highest BCUT2D eigenvalue weighted by atomic mass is 16.6. The van der Waals surface area contributed by atoms with Crippen molar-refractivity contribution in [1.82, 2.24) is 25.1 Å². The molecule has 1 heterocycles. The lowest BCUT2D eigenvalue weighted by molar-refractivity contribution is -0.131. The molecule has 4 amide bonds. The van der Waals surface area contributed by atoms with E-state index in [0.717, 1.165) is 5.56 Å². The van der Waals surface area contributed by atoms with E-state index in [1.54, 1.807) is 63.7 Å². The molecule has 0 fully saturated rings. The third-order valence-electron chi connectivity index (χ3n) is 6.73. The first-order valence-corrected chi connectivity index (χ1v) is 15.3. The van der Waals surface area contributed by atoms with Crippen molar-refractivity contribution in [3.8, 4) is 5.75 Å². The normalized spacial score (nSPS) is 12.5. The number of rotatable bonds is 14. The number of benzene rings is 2. The van der Waals surface area contributed by atoms with Gasteiger partial charge in [-0.3, -0.25) is 14.4 Å². The lowest BCUT2D eigenvalue weighted by Gasteiger charge is -2.29. The van der Waals surface area contributed by atoms with Gasteiger partial charge in [0.05, 0.1) is 26.1 Å². The van der Waals surface area contributed by atoms with Crippen molar-refractivity contribution in [2.24, 2.45) is 0 Å². The van der Waals surface area contributed by atoms with Gasteiger partial charge in [0.2, 0.25) is 11.8 Å². The molecule has 0 aliphatic carbocycles. The number of carbonyl (C=O) groups is 4. The first-order chi connectivity index (χ1) is 22.1. The van der Waals surface area contributed by atoms with Crippen LogP contribution in [0.15, 0.2) is 67.1 Å². The van der Waals surface area contributed by atoms with Crippen molar-refractivity contribution in [3.63, 3.8) is 0 Å². The molecule has 0 bridgehead atoms. The predicted octanol–water partition coefficient (Wildman–Crippen LogP) is 4.54. The minimum Gasteiger partial charge on any atom is -0.494 e. The number of nitrogens with one attached hydrogen (secondary N) is 3. The van der Waals surface area contributed by atoms with Crippen LogP contribution in [0, 0.1) is 0 Å².